The third kappa shape index (κ3) is 2.79. The Kier molecular flexibility index (Phi) is 4.03. The zero-order valence-corrected chi connectivity index (χ0v) is 13.9. The number of benzene rings is 2. The number of fused-ring (bicyclic) bond motifs is 1. The van der Waals surface area contributed by atoms with E-state index in [1.165, 1.54) is 0 Å². The zero-order valence-electron chi connectivity index (χ0n) is 12.4. The minimum absolute atomic E-state index is 0.0875. The normalized spacial score (nSPS) is 14.9. The van der Waals surface area contributed by atoms with E-state index in [2.05, 4.69) is 15.9 Å². The Labute approximate surface area is 137 Å². The molecular formula is C18H15BrO3. The number of carbonyl (C=O) groups excluding carboxylic acids is 1. The highest BCUT2D eigenvalue weighted by atomic mass is 79.9. The van der Waals surface area contributed by atoms with Crippen molar-refractivity contribution in [3.8, 4) is 11.5 Å². The fraction of sp³-hybridized carbons (Fsp3) is 0.167. The number of hydrogen-bond donors (Lipinski definition) is 0. The van der Waals surface area contributed by atoms with Gasteiger partial charge in [-0.1, -0.05) is 28.1 Å². The van der Waals surface area contributed by atoms with Gasteiger partial charge in [0.1, 0.15) is 11.5 Å². The molecule has 0 aromatic heterocycles. The first-order valence-electron chi connectivity index (χ1n) is 7.05. The number of hydrogen-bond acceptors (Lipinski definition) is 3. The summed E-state index contributed by atoms with van der Waals surface area (Å²) >= 11 is 3.42. The molecule has 0 N–H and O–H groups in total. The second-order valence-corrected chi connectivity index (χ2v) is 5.96. The number of allylic oxidation sites excluding steroid dienone is 1. The minimum Gasteiger partial charge on any atom is -0.494 e. The average Bonchev–Trinajstić information content (AvgIpc) is 2.76. The molecule has 1 heterocycles. The van der Waals surface area contributed by atoms with E-state index in [-0.39, 0.29) is 5.78 Å². The molecule has 0 amide bonds. The van der Waals surface area contributed by atoms with E-state index >= 15 is 0 Å². The largest absolute Gasteiger partial charge is 0.494 e. The van der Waals surface area contributed by atoms with Crippen LogP contribution in [-0.2, 0) is 0 Å². The lowest BCUT2D eigenvalue weighted by molar-refractivity contribution is 0.101. The molecule has 0 unspecified atom stereocenters. The number of ether oxygens (including phenoxy) is 2. The van der Waals surface area contributed by atoms with Crippen LogP contribution in [0.1, 0.15) is 28.4 Å². The zero-order chi connectivity index (χ0) is 15.7. The van der Waals surface area contributed by atoms with E-state index in [1.54, 1.807) is 12.1 Å². The first-order chi connectivity index (χ1) is 10.6. The van der Waals surface area contributed by atoms with Crippen LogP contribution in [0.3, 0.4) is 0 Å². The Morgan fingerprint density at radius 1 is 1.27 bits per heavy atom. The van der Waals surface area contributed by atoms with Gasteiger partial charge in [0.15, 0.2) is 5.76 Å². The van der Waals surface area contributed by atoms with Crippen LogP contribution >= 0.6 is 15.9 Å². The van der Waals surface area contributed by atoms with Crippen molar-refractivity contribution in [3.63, 3.8) is 0 Å². The van der Waals surface area contributed by atoms with Crippen LogP contribution in [0.4, 0.5) is 0 Å². The molecule has 0 aliphatic carbocycles. The molecule has 0 atom stereocenters. The van der Waals surface area contributed by atoms with E-state index in [0.29, 0.717) is 23.7 Å². The van der Waals surface area contributed by atoms with Crippen LogP contribution in [-0.4, -0.2) is 12.4 Å². The summed E-state index contributed by atoms with van der Waals surface area (Å²) < 4.78 is 12.2. The molecule has 0 saturated heterocycles. The summed E-state index contributed by atoms with van der Waals surface area (Å²) in [6.45, 7) is 4.39. The quantitative estimate of drug-likeness (QED) is 0.741. The lowest BCUT2D eigenvalue weighted by Crippen LogP contribution is -1.99. The van der Waals surface area contributed by atoms with Crippen molar-refractivity contribution in [2.45, 2.75) is 13.8 Å². The second-order valence-electron chi connectivity index (χ2n) is 5.04. The molecule has 0 radical (unpaired) electrons. The number of halogens is 1. The highest BCUT2D eigenvalue weighted by Gasteiger charge is 2.29. The molecule has 0 saturated carbocycles. The summed E-state index contributed by atoms with van der Waals surface area (Å²) in [5.74, 6) is 1.53. The lowest BCUT2D eigenvalue weighted by Gasteiger charge is -2.06. The molecule has 2 aromatic carbocycles. The van der Waals surface area contributed by atoms with Crippen molar-refractivity contribution < 1.29 is 14.3 Å². The fourth-order valence-corrected chi connectivity index (χ4v) is 2.89. The second kappa shape index (κ2) is 5.97. The number of aryl methyl sites for hydroxylation is 1. The van der Waals surface area contributed by atoms with Crippen molar-refractivity contribution in [2.24, 2.45) is 0 Å². The van der Waals surface area contributed by atoms with E-state index in [9.17, 15) is 4.79 Å². The summed E-state index contributed by atoms with van der Waals surface area (Å²) in [4.78, 5) is 12.5. The van der Waals surface area contributed by atoms with Gasteiger partial charge >= 0.3 is 0 Å². The average molecular weight is 359 g/mol. The van der Waals surface area contributed by atoms with Gasteiger partial charge in [-0.15, -0.1) is 0 Å². The van der Waals surface area contributed by atoms with Crippen molar-refractivity contribution in [3.05, 3.63) is 63.3 Å². The molecule has 2 aromatic rings. The topological polar surface area (TPSA) is 35.5 Å². The molecule has 3 rings (SSSR count). The van der Waals surface area contributed by atoms with Gasteiger partial charge in [-0.05, 0) is 49.2 Å². The summed E-state index contributed by atoms with van der Waals surface area (Å²) in [5, 5.41) is 0. The maximum absolute atomic E-state index is 12.5. The van der Waals surface area contributed by atoms with E-state index < -0.39 is 0 Å². The number of rotatable bonds is 3. The van der Waals surface area contributed by atoms with Gasteiger partial charge in [0.25, 0.3) is 0 Å². The first-order valence-corrected chi connectivity index (χ1v) is 7.85. The minimum atomic E-state index is -0.0875. The number of ketones is 1. The van der Waals surface area contributed by atoms with Gasteiger partial charge in [0.2, 0.25) is 5.78 Å². The number of carbonyl (C=O) groups is 1. The van der Waals surface area contributed by atoms with Crippen LogP contribution in [0.25, 0.3) is 6.08 Å². The van der Waals surface area contributed by atoms with Gasteiger partial charge in [0.05, 0.1) is 12.2 Å². The molecule has 22 heavy (non-hydrogen) atoms. The van der Waals surface area contributed by atoms with E-state index in [1.807, 2.05) is 44.2 Å². The monoisotopic (exact) mass is 358 g/mol. The van der Waals surface area contributed by atoms with Gasteiger partial charge in [-0.2, -0.15) is 0 Å². The van der Waals surface area contributed by atoms with Gasteiger partial charge < -0.3 is 9.47 Å². The maximum atomic E-state index is 12.5. The first kappa shape index (κ1) is 14.9. The van der Waals surface area contributed by atoms with Gasteiger partial charge in [-0.25, -0.2) is 0 Å². The Bertz CT molecular complexity index is 778. The standard InChI is InChI=1S/C18H15BrO3/c1-3-21-14-7-11(2)17-15(10-14)22-16(18(17)20)9-12-5-4-6-13(19)8-12/h4-10H,3H2,1-2H3/b16-9-. The fourth-order valence-electron chi connectivity index (χ4n) is 2.48. The molecule has 0 spiro atoms. The predicted octanol–water partition coefficient (Wildman–Crippen LogP) is 4.77. The Hall–Kier alpha value is -2.07. The summed E-state index contributed by atoms with van der Waals surface area (Å²) in [6.07, 6.45) is 1.76. The van der Waals surface area contributed by atoms with Crippen LogP contribution in [0.15, 0.2) is 46.6 Å². The highest BCUT2D eigenvalue weighted by Crippen LogP contribution is 2.37. The predicted molar refractivity (Wildman–Crippen MR) is 89.4 cm³/mol. The summed E-state index contributed by atoms with van der Waals surface area (Å²) in [5.41, 5.74) is 2.39. The molecule has 1 aliphatic rings. The van der Waals surface area contributed by atoms with Crippen molar-refractivity contribution in [1.29, 1.82) is 0 Å². The third-order valence-corrected chi connectivity index (χ3v) is 3.89. The molecular weight excluding hydrogens is 344 g/mol. The number of Topliss-reactive ketones (excluding diaryl/α,β-unsaturated/α-hetero) is 1. The van der Waals surface area contributed by atoms with Crippen molar-refractivity contribution >= 4 is 27.8 Å². The Morgan fingerprint density at radius 3 is 2.82 bits per heavy atom. The SMILES string of the molecule is CCOc1cc(C)c2c(c1)O/C(=C\c1cccc(Br)c1)C2=O. The maximum Gasteiger partial charge on any atom is 0.232 e. The summed E-state index contributed by atoms with van der Waals surface area (Å²) in [7, 11) is 0. The van der Waals surface area contributed by atoms with Crippen molar-refractivity contribution in [2.75, 3.05) is 6.61 Å². The highest BCUT2D eigenvalue weighted by molar-refractivity contribution is 9.10. The molecule has 3 nitrogen and oxygen atoms in total. The van der Waals surface area contributed by atoms with Crippen LogP contribution in [0, 0.1) is 6.92 Å². The van der Waals surface area contributed by atoms with Crippen molar-refractivity contribution in [1.82, 2.24) is 0 Å². The molecule has 1 aliphatic heterocycles. The third-order valence-electron chi connectivity index (χ3n) is 3.40. The van der Waals surface area contributed by atoms with Gasteiger partial charge in [0, 0.05) is 10.5 Å². The lowest BCUT2D eigenvalue weighted by atomic mass is 10.0. The van der Waals surface area contributed by atoms with Gasteiger partial charge in [-0.3, -0.25) is 4.79 Å². The smallest absolute Gasteiger partial charge is 0.232 e. The van der Waals surface area contributed by atoms with E-state index in [0.717, 1.165) is 21.3 Å². The van der Waals surface area contributed by atoms with E-state index in [4.69, 9.17) is 9.47 Å². The molecule has 112 valence electrons. The molecule has 4 heteroatoms. The van der Waals surface area contributed by atoms with Crippen LogP contribution in [0.5, 0.6) is 11.5 Å². The Balaban J connectivity index is 1.98. The van der Waals surface area contributed by atoms with Crippen LogP contribution in [0.2, 0.25) is 0 Å². The van der Waals surface area contributed by atoms with Crippen LogP contribution < -0.4 is 9.47 Å². The molecule has 0 fully saturated rings. The Morgan fingerprint density at radius 2 is 2.09 bits per heavy atom. The summed E-state index contributed by atoms with van der Waals surface area (Å²) in [6, 6.07) is 11.4. The molecule has 0 bridgehead atoms.